The quantitative estimate of drug-likeness (QED) is 0.916. The summed E-state index contributed by atoms with van der Waals surface area (Å²) >= 11 is 3.17. The highest BCUT2D eigenvalue weighted by Crippen LogP contribution is 2.46. The summed E-state index contributed by atoms with van der Waals surface area (Å²) in [5.74, 6) is -0.0464. The van der Waals surface area contributed by atoms with Crippen molar-refractivity contribution in [2.24, 2.45) is 12.5 Å². The second-order valence-electron chi connectivity index (χ2n) is 4.66. The molecule has 0 spiro atoms. The first-order valence-electron chi connectivity index (χ1n) is 5.65. The van der Waals surface area contributed by atoms with Gasteiger partial charge >= 0.3 is 0 Å². The molecule has 0 unspecified atom stereocenters. The molecule has 2 rings (SSSR count). The average Bonchev–Trinajstić information content (AvgIpc) is 3.07. The van der Waals surface area contributed by atoms with E-state index in [1.165, 1.54) is 4.57 Å². The fraction of sp³-hybridized carbons (Fsp3) is 0.500. The molecule has 0 bridgehead atoms. The maximum atomic E-state index is 12.1. The van der Waals surface area contributed by atoms with E-state index in [1.807, 2.05) is 0 Å². The van der Waals surface area contributed by atoms with Gasteiger partial charge in [0.25, 0.3) is 5.56 Å². The zero-order chi connectivity index (χ0) is 13.3. The molecule has 1 heterocycles. The summed E-state index contributed by atoms with van der Waals surface area (Å²) in [6.45, 7) is 0.436. The number of ether oxygens (including phenoxy) is 1. The molecule has 6 heteroatoms. The summed E-state index contributed by atoms with van der Waals surface area (Å²) in [5, 5.41) is 2.83. The largest absolute Gasteiger partial charge is 0.384 e. The van der Waals surface area contributed by atoms with Gasteiger partial charge in [-0.2, -0.15) is 0 Å². The Morgan fingerprint density at radius 2 is 2.28 bits per heavy atom. The van der Waals surface area contributed by atoms with E-state index in [9.17, 15) is 9.59 Å². The fourth-order valence-corrected chi connectivity index (χ4v) is 2.39. The average molecular weight is 315 g/mol. The third kappa shape index (κ3) is 2.49. The summed E-state index contributed by atoms with van der Waals surface area (Å²) in [6, 6.07) is 1.61. The molecule has 1 saturated carbocycles. The molecule has 18 heavy (non-hydrogen) atoms. The van der Waals surface area contributed by atoms with Crippen LogP contribution in [0.5, 0.6) is 0 Å². The second kappa shape index (κ2) is 4.85. The van der Waals surface area contributed by atoms with Crippen molar-refractivity contribution >= 4 is 27.5 Å². The number of aromatic nitrogens is 1. The highest BCUT2D eigenvalue weighted by molar-refractivity contribution is 9.10. The summed E-state index contributed by atoms with van der Waals surface area (Å²) in [5.41, 5.74) is 0.0954. The summed E-state index contributed by atoms with van der Waals surface area (Å²) in [4.78, 5) is 23.6. The van der Waals surface area contributed by atoms with Crippen LogP contribution in [0.2, 0.25) is 0 Å². The van der Waals surface area contributed by atoms with Crippen LogP contribution in [0, 0.1) is 5.41 Å². The highest BCUT2D eigenvalue weighted by Gasteiger charge is 2.49. The Kier molecular flexibility index (Phi) is 3.59. The van der Waals surface area contributed by atoms with Crippen molar-refractivity contribution in [3.05, 3.63) is 27.1 Å². The Bertz CT molecular complexity index is 508. The summed E-state index contributed by atoms with van der Waals surface area (Å²) < 4.78 is 6.93. The Balaban J connectivity index is 2.15. The molecule has 1 fully saturated rings. The predicted octanol–water partition coefficient (Wildman–Crippen LogP) is 1.51. The molecule has 0 saturated heterocycles. The third-order valence-corrected chi connectivity index (χ3v) is 3.72. The molecule has 1 aromatic rings. The Hall–Kier alpha value is -1.14. The first-order chi connectivity index (χ1) is 8.48. The van der Waals surface area contributed by atoms with Crippen LogP contribution < -0.4 is 10.9 Å². The van der Waals surface area contributed by atoms with Gasteiger partial charge in [0.2, 0.25) is 5.91 Å². The van der Waals surface area contributed by atoms with Crippen LogP contribution in [0.4, 0.5) is 5.69 Å². The van der Waals surface area contributed by atoms with Crippen molar-refractivity contribution in [3.63, 3.8) is 0 Å². The van der Waals surface area contributed by atoms with Crippen molar-refractivity contribution in [1.29, 1.82) is 0 Å². The van der Waals surface area contributed by atoms with Crippen LogP contribution in [-0.4, -0.2) is 24.2 Å². The molecule has 1 amide bonds. The number of rotatable bonds is 4. The number of amides is 1. The molecular weight excluding hydrogens is 300 g/mol. The van der Waals surface area contributed by atoms with Gasteiger partial charge in [0.1, 0.15) is 0 Å². The van der Waals surface area contributed by atoms with Gasteiger partial charge in [0.15, 0.2) is 0 Å². The van der Waals surface area contributed by atoms with Gasteiger partial charge in [-0.3, -0.25) is 9.59 Å². The van der Waals surface area contributed by atoms with Crippen molar-refractivity contribution in [2.75, 3.05) is 19.0 Å². The number of methoxy groups -OCH3 is 1. The van der Waals surface area contributed by atoms with Crippen LogP contribution in [0.25, 0.3) is 0 Å². The number of hydrogen-bond donors (Lipinski definition) is 1. The molecule has 1 N–H and O–H groups in total. The first-order valence-corrected chi connectivity index (χ1v) is 6.44. The van der Waals surface area contributed by atoms with E-state index in [-0.39, 0.29) is 16.9 Å². The minimum absolute atomic E-state index is 0.0464. The van der Waals surface area contributed by atoms with Gasteiger partial charge in [-0.1, -0.05) is 0 Å². The lowest BCUT2D eigenvalue weighted by molar-refractivity contribution is -0.122. The maximum absolute atomic E-state index is 12.1. The fourth-order valence-electron chi connectivity index (χ4n) is 1.87. The molecule has 5 nitrogen and oxygen atoms in total. The standard InChI is InChI=1S/C12H15BrN2O3/c1-15-6-8(5-9(13)10(15)16)14-11(17)12(3-4-12)7-18-2/h5-6H,3-4,7H2,1-2H3,(H,14,17). The highest BCUT2D eigenvalue weighted by atomic mass is 79.9. The van der Waals surface area contributed by atoms with Gasteiger partial charge < -0.3 is 14.6 Å². The van der Waals surface area contributed by atoms with Crippen molar-refractivity contribution < 1.29 is 9.53 Å². The lowest BCUT2D eigenvalue weighted by Gasteiger charge is -2.14. The van der Waals surface area contributed by atoms with Crippen LogP contribution in [0.1, 0.15) is 12.8 Å². The predicted molar refractivity (Wildman–Crippen MR) is 71.6 cm³/mol. The van der Waals surface area contributed by atoms with Crippen molar-refractivity contribution in [3.8, 4) is 0 Å². The zero-order valence-corrected chi connectivity index (χ0v) is 11.9. The van der Waals surface area contributed by atoms with E-state index < -0.39 is 0 Å². The number of carbonyl (C=O) groups excluding carboxylic acids is 1. The summed E-state index contributed by atoms with van der Waals surface area (Å²) in [7, 11) is 3.24. The minimum Gasteiger partial charge on any atom is -0.384 e. The molecule has 1 aliphatic rings. The topological polar surface area (TPSA) is 60.3 Å². The monoisotopic (exact) mass is 314 g/mol. The van der Waals surface area contributed by atoms with E-state index in [0.717, 1.165) is 12.8 Å². The molecule has 98 valence electrons. The molecule has 0 aliphatic heterocycles. The van der Waals surface area contributed by atoms with Crippen LogP contribution in [0.3, 0.4) is 0 Å². The molecular formula is C12H15BrN2O3. The number of halogens is 1. The number of pyridine rings is 1. The van der Waals surface area contributed by atoms with Gasteiger partial charge in [-0.25, -0.2) is 0 Å². The normalized spacial score (nSPS) is 16.4. The van der Waals surface area contributed by atoms with Crippen LogP contribution in [0.15, 0.2) is 21.5 Å². The molecule has 0 atom stereocenters. The lowest BCUT2D eigenvalue weighted by Crippen LogP contribution is -2.29. The van der Waals surface area contributed by atoms with Crippen molar-refractivity contribution in [2.45, 2.75) is 12.8 Å². The lowest BCUT2D eigenvalue weighted by atomic mass is 10.1. The minimum atomic E-state index is -0.379. The van der Waals surface area contributed by atoms with Gasteiger partial charge in [0.05, 0.1) is 22.2 Å². The van der Waals surface area contributed by atoms with Gasteiger partial charge in [-0.05, 0) is 34.8 Å². The zero-order valence-electron chi connectivity index (χ0n) is 10.3. The first kappa shape index (κ1) is 13.3. The summed E-state index contributed by atoms with van der Waals surface area (Å²) in [6.07, 6.45) is 3.30. The molecule has 1 aliphatic carbocycles. The van der Waals surface area contributed by atoms with Gasteiger partial charge in [0, 0.05) is 20.4 Å². The van der Waals surface area contributed by atoms with E-state index in [1.54, 1.807) is 26.4 Å². The molecule has 0 radical (unpaired) electrons. The number of aryl methyl sites for hydroxylation is 1. The van der Waals surface area contributed by atoms with E-state index in [0.29, 0.717) is 16.8 Å². The maximum Gasteiger partial charge on any atom is 0.264 e. The number of anilines is 1. The Labute approximate surface area is 113 Å². The SMILES string of the molecule is COCC1(C(=O)Nc2cc(Br)c(=O)n(C)c2)CC1. The van der Waals surface area contributed by atoms with Crippen LogP contribution >= 0.6 is 15.9 Å². The van der Waals surface area contributed by atoms with Gasteiger partial charge in [-0.15, -0.1) is 0 Å². The van der Waals surface area contributed by atoms with Crippen LogP contribution in [-0.2, 0) is 16.6 Å². The van der Waals surface area contributed by atoms with E-state index in [2.05, 4.69) is 21.2 Å². The second-order valence-corrected chi connectivity index (χ2v) is 5.51. The molecule has 0 aromatic carbocycles. The van der Waals surface area contributed by atoms with Crippen molar-refractivity contribution in [1.82, 2.24) is 4.57 Å². The smallest absolute Gasteiger partial charge is 0.264 e. The van der Waals surface area contributed by atoms with E-state index >= 15 is 0 Å². The number of carbonyl (C=O) groups is 1. The van der Waals surface area contributed by atoms with E-state index in [4.69, 9.17) is 4.74 Å². The Morgan fingerprint density at radius 1 is 1.61 bits per heavy atom. The molecule has 1 aromatic heterocycles. The third-order valence-electron chi connectivity index (χ3n) is 3.15. The number of hydrogen-bond acceptors (Lipinski definition) is 3. The number of nitrogens with one attached hydrogen (secondary N) is 1. The number of nitrogens with zero attached hydrogens (tertiary/aromatic N) is 1. The Morgan fingerprint density at radius 3 is 2.78 bits per heavy atom.